The molecule has 0 aromatic heterocycles. The highest BCUT2D eigenvalue weighted by Crippen LogP contribution is 2.55. The third-order valence-corrected chi connectivity index (χ3v) is 5.53. The van der Waals surface area contributed by atoms with E-state index >= 15 is 0 Å². The summed E-state index contributed by atoms with van der Waals surface area (Å²) in [6.45, 7) is 6.87. The molecule has 0 saturated heterocycles. The van der Waals surface area contributed by atoms with Gasteiger partial charge in [0.25, 0.3) is 0 Å². The van der Waals surface area contributed by atoms with Gasteiger partial charge in [0, 0.05) is 11.3 Å². The minimum absolute atomic E-state index is 0.125. The number of carboxylic acids is 1. The first-order valence-electron chi connectivity index (χ1n) is 5.16. The van der Waals surface area contributed by atoms with Gasteiger partial charge in [0.1, 0.15) is 0 Å². The smallest absolute Gasteiger partial charge is 0.307 e. The molecule has 0 radical (unpaired) electrons. The lowest BCUT2D eigenvalue weighted by molar-refractivity contribution is -0.141. The van der Waals surface area contributed by atoms with Crippen LogP contribution in [0.3, 0.4) is 0 Å². The summed E-state index contributed by atoms with van der Waals surface area (Å²) in [7, 11) is -3.40. The summed E-state index contributed by atoms with van der Waals surface area (Å²) in [5.74, 6) is -1.68. The quantitative estimate of drug-likeness (QED) is 0.719. The van der Waals surface area contributed by atoms with E-state index in [1.165, 1.54) is 0 Å². The van der Waals surface area contributed by atoms with E-state index in [1.54, 1.807) is 20.8 Å². The summed E-state index contributed by atoms with van der Waals surface area (Å²) in [6, 6.07) is 0. The van der Waals surface area contributed by atoms with Gasteiger partial charge in [-0.25, -0.2) is 0 Å². The van der Waals surface area contributed by atoms with Crippen LogP contribution in [0.2, 0.25) is 0 Å². The standard InChI is InChI=1S/C10H21O4P/c1-5-6-8(9(11)12)7-15(13,14)10(2,3)4/h8H,5-7H2,1-4H3,(H,11,12)(H,13,14). The average Bonchev–Trinajstić information content (AvgIpc) is 2.00. The van der Waals surface area contributed by atoms with E-state index in [0.717, 1.165) is 0 Å². The van der Waals surface area contributed by atoms with Crippen molar-refractivity contribution >= 4 is 13.3 Å². The highest BCUT2D eigenvalue weighted by Gasteiger charge is 2.38. The zero-order valence-electron chi connectivity index (χ0n) is 9.86. The molecule has 15 heavy (non-hydrogen) atoms. The van der Waals surface area contributed by atoms with Crippen LogP contribution in [0.4, 0.5) is 0 Å². The first-order valence-corrected chi connectivity index (χ1v) is 7.01. The van der Waals surface area contributed by atoms with Gasteiger partial charge in [0.2, 0.25) is 7.37 Å². The molecular formula is C10H21O4P. The Bertz CT molecular complexity index is 267. The van der Waals surface area contributed by atoms with Gasteiger partial charge in [0.15, 0.2) is 0 Å². The maximum Gasteiger partial charge on any atom is 0.307 e. The van der Waals surface area contributed by atoms with E-state index in [2.05, 4.69) is 0 Å². The summed E-state index contributed by atoms with van der Waals surface area (Å²) >= 11 is 0. The Labute approximate surface area is 91.1 Å². The number of hydrogen-bond acceptors (Lipinski definition) is 2. The fourth-order valence-corrected chi connectivity index (χ4v) is 2.70. The lowest BCUT2D eigenvalue weighted by Crippen LogP contribution is -2.24. The van der Waals surface area contributed by atoms with Gasteiger partial charge in [0.05, 0.1) is 5.92 Å². The Kier molecular flexibility index (Phi) is 5.01. The molecule has 0 heterocycles. The van der Waals surface area contributed by atoms with E-state index in [4.69, 9.17) is 5.11 Å². The molecule has 0 aromatic rings. The molecule has 0 saturated carbocycles. The zero-order chi connectivity index (χ0) is 12.3. The third-order valence-electron chi connectivity index (χ3n) is 2.50. The van der Waals surface area contributed by atoms with E-state index in [9.17, 15) is 14.3 Å². The molecule has 4 nitrogen and oxygen atoms in total. The molecule has 0 fully saturated rings. The number of carboxylic acid groups (broad SMARTS) is 1. The summed E-state index contributed by atoms with van der Waals surface area (Å²) in [6.07, 6.45) is 1.04. The van der Waals surface area contributed by atoms with Crippen molar-refractivity contribution < 1.29 is 19.4 Å². The minimum atomic E-state index is -3.40. The second-order valence-corrected chi connectivity index (χ2v) is 7.99. The Hall–Kier alpha value is -0.340. The SMILES string of the molecule is CCCC(CP(=O)(O)C(C)(C)C)C(=O)O. The predicted molar refractivity (Wildman–Crippen MR) is 60.5 cm³/mol. The second-order valence-electron chi connectivity index (χ2n) is 4.88. The molecule has 90 valence electrons. The molecule has 0 aromatic carbocycles. The molecular weight excluding hydrogens is 215 g/mol. The summed E-state index contributed by atoms with van der Waals surface area (Å²) < 4.78 is 11.9. The molecule has 2 unspecified atom stereocenters. The van der Waals surface area contributed by atoms with Crippen molar-refractivity contribution in [1.29, 1.82) is 0 Å². The van der Waals surface area contributed by atoms with Crippen molar-refractivity contribution in [2.24, 2.45) is 5.92 Å². The summed E-state index contributed by atoms with van der Waals surface area (Å²) in [4.78, 5) is 20.7. The molecule has 0 spiro atoms. The first kappa shape index (κ1) is 14.7. The maximum atomic E-state index is 11.9. The average molecular weight is 236 g/mol. The van der Waals surface area contributed by atoms with Crippen molar-refractivity contribution in [3.63, 3.8) is 0 Å². The number of hydrogen-bond donors (Lipinski definition) is 2. The van der Waals surface area contributed by atoms with Crippen LogP contribution in [0.1, 0.15) is 40.5 Å². The number of rotatable bonds is 5. The van der Waals surface area contributed by atoms with E-state index in [0.29, 0.717) is 12.8 Å². The van der Waals surface area contributed by atoms with Gasteiger partial charge in [-0.05, 0) is 6.42 Å². The lowest BCUT2D eigenvalue weighted by Gasteiger charge is -2.28. The molecule has 0 aliphatic heterocycles. The Morgan fingerprint density at radius 3 is 2.13 bits per heavy atom. The predicted octanol–water partition coefficient (Wildman–Crippen LogP) is 2.56. The largest absolute Gasteiger partial charge is 0.481 e. The van der Waals surface area contributed by atoms with E-state index < -0.39 is 24.4 Å². The summed E-state index contributed by atoms with van der Waals surface area (Å²) in [5.41, 5.74) is 0. The lowest BCUT2D eigenvalue weighted by atomic mass is 10.1. The van der Waals surface area contributed by atoms with Crippen molar-refractivity contribution in [3.05, 3.63) is 0 Å². The highest BCUT2D eigenvalue weighted by molar-refractivity contribution is 7.59. The molecule has 0 aliphatic carbocycles. The van der Waals surface area contributed by atoms with Gasteiger partial charge < -0.3 is 10.00 Å². The number of aliphatic carboxylic acids is 1. The van der Waals surface area contributed by atoms with Crippen LogP contribution in [0, 0.1) is 5.92 Å². The highest BCUT2D eigenvalue weighted by atomic mass is 31.2. The van der Waals surface area contributed by atoms with Gasteiger partial charge in [-0.2, -0.15) is 0 Å². The van der Waals surface area contributed by atoms with Gasteiger partial charge in [-0.3, -0.25) is 9.36 Å². The van der Waals surface area contributed by atoms with Crippen LogP contribution >= 0.6 is 7.37 Å². The van der Waals surface area contributed by atoms with Crippen LogP contribution in [-0.2, 0) is 9.36 Å². The fourth-order valence-electron chi connectivity index (χ4n) is 1.21. The van der Waals surface area contributed by atoms with Crippen molar-refractivity contribution in [2.45, 2.75) is 45.7 Å². The van der Waals surface area contributed by atoms with Crippen LogP contribution in [0.15, 0.2) is 0 Å². The molecule has 5 heteroatoms. The van der Waals surface area contributed by atoms with Crippen LogP contribution in [0.5, 0.6) is 0 Å². The molecule has 0 bridgehead atoms. The molecule has 0 aliphatic rings. The Balaban J connectivity index is 4.68. The fraction of sp³-hybridized carbons (Fsp3) is 0.900. The van der Waals surface area contributed by atoms with Crippen LogP contribution in [-0.4, -0.2) is 27.3 Å². The molecule has 0 amide bonds. The molecule has 0 rings (SSSR count). The number of carbonyl (C=O) groups is 1. The van der Waals surface area contributed by atoms with Crippen molar-refractivity contribution in [3.8, 4) is 0 Å². The first-order chi connectivity index (χ1) is 6.62. The van der Waals surface area contributed by atoms with E-state index in [-0.39, 0.29) is 6.16 Å². The van der Waals surface area contributed by atoms with Crippen molar-refractivity contribution in [1.82, 2.24) is 0 Å². The maximum absolute atomic E-state index is 11.9. The van der Waals surface area contributed by atoms with Gasteiger partial charge in [-0.15, -0.1) is 0 Å². The minimum Gasteiger partial charge on any atom is -0.481 e. The molecule has 2 atom stereocenters. The van der Waals surface area contributed by atoms with Crippen molar-refractivity contribution in [2.75, 3.05) is 6.16 Å². The van der Waals surface area contributed by atoms with Crippen LogP contribution in [0.25, 0.3) is 0 Å². The van der Waals surface area contributed by atoms with Gasteiger partial charge in [-0.1, -0.05) is 34.1 Å². The summed E-state index contributed by atoms with van der Waals surface area (Å²) in [5, 5.41) is 8.16. The second kappa shape index (κ2) is 5.13. The van der Waals surface area contributed by atoms with E-state index in [1.807, 2.05) is 6.92 Å². The van der Waals surface area contributed by atoms with Crippen LogP contribution < -0.4 is 0 Å². The topological polar surface area (TPSA) is 74.6 Å². The Morgan fingerprint density at radius 2 is 1.87 bits per heavy atom. The Morgan fingerprint density at radius 1 is 1.40 bits per heavy atom. The normalized spacial score (nSPS) is 18.2. The van der Waals surface area contributed by atoms with Gasteiger partial charge >= 0.3 is 5.97 Å². The third kappa shape index (κ3) is 4.35. The monoisotopic (exact) mass is 236 g/mol. The zero-order valence-corrected chi connectivity index (χ0v) is 10.8. The molecule has 2 N–H and O–H groups in total.